The molecule has 0 aliphatic carbocycles. The molecule has 0 fully saturated rings. The topological polar surface area (TPSA) is 51.2 Å². The number of amides is 1. The molecule has 1 amide bonds. The van der Waals surface area contributed by atoms with Crippen molar-refractivity contribution < 1.29 is 9.53 Å². The van der Waals surface area contributed by atoms with E-state index in [1.807, 2.05) is 38.1 Å². The number of ether oxygens (including phenoxy) is 1. The highest BCUT2D eigenvalue weighted by Crippen LogP contribution is 2.11. The largest absolute Gasteiger partial charge is 0.491 e. The second kappa shape index (κ2) is 7.09. The highest BCUT2D eigenvalue weighted by molar-refractivity contribution is 6.29. The van der Waals surface area contributed by atoms with E-state index >= 15 is 0 Å². The van der Waals surface area contributed by atoms with Crippen LogP contribution in [0, 0.1) is 6.92 Å². The zero-order chi connectivity index (χ0) is 15.2. The van der Waals surface area contributed by atoms with Gasteiger partial charge in [0.15, 0.2) is 0 Å². The number of nitrogens with zero attached hydrogens (tertiary/aromatic N) is 1. The number of aromatic nitrogens is 1. The molecule has 0 saturated carbocycles. The lowest BCUT2D eigenvalue weighted by Gasteiger charge is -2.15. The van der Waals surface area contributed by atoms with Gasteiger partial charge < -0.3 is 10.1 Å². The second-order valence-corrected chi connectivity index (χ2v) is 5.23. The Morgan fingerprint density at radius 3 is 2.67 bits per heavy atom. The zero-order valence-corrected chi connectivity index (χ0v) is 12.7. The Bertz CT molecular complexity index is 614. The first kappa shape index (κ1) is 15.3. The Balaban J connectivity index is 1.85. The molecule has 5 heteroatoms. The fourth-order valence-corrected chi connectivity index (χ4v) is 1.89. The summed E-state index contributed by atoms with van der Waals surface area (Å²) >= 11 is 5.76. The number of halogens is 1. The summed E-state index contributed by atoms with van der Waals surface area (Å²) in [6.07, 6.45) is 0. The standard InChI is InChI=1S/C16H17ClN2O2/c1-11-6-8-13(9-7-11)21-10-12(2)18-16(20)14-4-3-5-15(17)19-14/h3-9,12H,10H2,1-2H3,(H,18,20). The van der Waals surface area contributed by atoms with Gasteiger partial charge in [-0.2, -0.15) is 0 Å². The van der Waals surface area contributed by atoms with Gasteiger partial charge in [-0.3, -0.25) is 4.79 Å². The molecule has 2 aromatic rings. The van der Waals surface area contributed by atoms with Gasteiger partial charge in [0.2, 0.25) is 0 Å². The Morgan fingerprint density at radius 2 is 2.00 bits per heavy atom. The number of carbonyl (C=O) groups excluding carboxylic acids is 1. The van der Waals surface area contributed by atoms with Crippen molar-refractivity contribution in [3.63, 3.8) is 0 Å². The Kier molecular flexibility index (Phi) is 5.17. The summed E-state index contributed by atoms with van der Waals surface area (Å²) in [5, 5.41) is 3.12. The van der Waals surface area contributed by atoms with Crippen LogP contribution in [0.5, 0.6) is 5.75 Å². The number of hydrogen-bond donors (Lipinski definition) is 1. The predicted molar refractivity (Wildman–Crippen MR) is 82.8 cm³/mol. The third kappa shape index (κ3) is 4.76. The van der Waals surface area contributed by atoms with Crippen molar-refractivity contribution >= 4 is 17.5 Å². The Morgan fingerprint density at radius 1 is 1.29 bits per heavy atom. The summed E-state index contributed by atoms with van der Waals surface area (Å²) in [6, 6.07) is 12.6. The van der Waals surface area contributed by atoms with Gasteiger partial charge in [-0.25, -0.2) is 4.98 Å². The van der Waals surface area contributed by atoms with Crippen molar-refractivity contribution in [1.82, 2.24) is 10.3 Å². The average Bonchev–Trinajstić information content (AvgIpc) is 2.46. The van der Waals surface area contributed by atoms with E-state index in [1.165, 1.54) is 5.56 Å². The molecule has 0 aliphatic heterocycles. The Labute approximate surface area is 129 Å². The van der Waals surface area contributed by atoms with Gasteiger partial charge in [-0.1, -0.05) is 35.4 Å². The van der Waals surface area contributed by atoms with E-state index in [1.54, 1.807) is 18.2 Å². The van der Waals surface area contributed by atoms with E-state index in [0.29, 0.717) is 17.5 Å². The maximum Gasteiger partial charge on any atom is 0.270 e. The molecule has 1 aromatic heterocycles. The molecular weight excluding hydrogens is 288 g/mol. The Hall–Kier alpha value is -2.07. The molecule has 110 valence electrons. The first-order chi connectivity index (χ1) is 10.0. The van der Waals surface area contributed by atoms with E-state index < -0.39 is 0 Å². The van der Waals surface area contributed by atoms with Crippen LogP contribution in [0.4, 0.5) is 0 Å². The third-order valence-corrected chi connectivity index (χ3v) is 3.06. The maximum absolute atomic E-state index is 12.0. The van der Waals surface area contributed by atoms with E-state index in [4.69, 9.17) is 16.3 Å². The van der Waals surface area contributed by atoms with E-state index in [9.17, 15) is 4.79 Å². The number of benzene rings is 1. The van der Waals surface area contributed by atoms with Gasteiger partial charge in [-0.05, 0) is 38.1 Å². The van der Waals surface area contributed by atoms with Crippen LogP contribution in [0.25, 0.3) is 0 Å². The van der Waals surface area contributed by atoms with Crippen LogP contribution in [0.3, 0.4) is 0 Å². The summed E-state index contributed by atoms with van der Waals surface area (Å²) in [5.41, 5.74) is 1.47. The van der Waals surface area contributed by atoms with Crippen LogP contribution in [0.2, 0.25) is 5.15 Å². The van der Waals surface area contributed by atoms with Gasteiger partial charge in [0.05, 0.1) is 6.04 Å². The summed E-state index contributed by atoms with van der Waals surface area (Å²) in [6.45, 7) is 4.27. The smallest absolute Gasteiger partial charge is 0.270 e. The second-order valence-electron chi connectivity index (χ2n) is 4.84. The number of hydrogen-bond acceptors (Lipinski definition) is 3. The normalized spacial score (nSPS) is 11.8. The van der Waals surface area contributed by atoms with Crippen molar-refractivity contribution in [3.8, 4) is 5.75 Å². The fourth-order valence-electron chi connectivity index (χ4n) is 1.73. The minimum absolute atomic E-state index is 0.139. The lowest BCUT2D eigenvalue weighted by Crippen LogP contribution is -2.37. The van der Waals surface area contributed by atoms with Gasteiger partial charge >= 0.3 is 0 Å². The van der Waals surface area contributed by atoms with E-state index in [2.05, 4.69) is 10.3 Å². The average molecular weight is 305 g/mol. The number of nitrogens with one attached hydrogen (secondary N) is 1. The molecule has 1 heterocycles. The highest BCUT2D eigenvalue weighted by atomic mass is 35.5. The molecule has 0 radical (unpaired) electrons. The van der Waals surface area contributed by atoms with Crippen molar-refractivity contribution in [2.24, 2.45) is 0 Å². The third-order valence-electron chi connectivity index (χ3n) is 2.85. The number of carbonyl (C=O) groups is 1. The van der Waals surface area contributed by atoms with Crippen molar-refractivity contribution in [1.29, 1.82) is 0 Å². The molecule has 4 nitrogen and oxygen atoms in total. The molecule has 1 N–H and O–H groups in total. The van der Waals surface area contributed by atoms with Crippen LogP contribution < -0.4 is 10.1 Å². The monoisotopic (exact) mass is 304 g/mol. The molecule has 2 rings (SSSR count). The maximum atomic E-state index is 12.0. The summed E-state index contributed by atoms with van der Waals surface area (Å²) < 4.78 is 5.62. The van der Waals surface area contributed by atoms with Crippen LogP contribution in [0.15, 0.2) is 42.5 Å². The zero-order valence-electron chi connectivity index (χ0n) is 12.0. The fraction of sp³-hybridized carbons (Fsp3) is 0.250. The molecule has 0 saturated heterocycles. The molecule has 0 bridgehead atoms. The minimum Gasteiger partial charge on any atom is -0.491 e. The van der Waals surface area contributed by atoms with Gasteiger partial charge in [-0.15, -0.1) is 0 Å². The highest BCUT2D eigenvalue weighted by Gasteiger charge is 2.11. The van der Waals surface area contributed by atoms with Crippen LogP contribution >= 0.6 is 11.6 Å². The summed E-state index contributed by atoms with van der Waals surface area (Å²) in [5.74, 6) is 0.514. The van der Waals surface area contributed by atoms with Crippen LogP contribution in [-0.2, 0) is 0 Å². The quantitative estimate of drug-likeness (QED) is 0.863. The first-order valence-electron chi connectivity index (χ1n) is 6.67. The van der Waals surface area contributed by atoms with E-state index in [-0.39, 0.29) is 11.9 Å². The lowest BCUT2D eigenvalue weighted by atomic mass is 10.2. The van der Waals surface area contributed by atoms with Gasteiger partial charge in [0.25, 0.3) is 5.91 Å². The molecule has 1 aromatic carbocycles. The number of pyridine rings is 1. The number of aryl methyl sites for hydroxylation is 1. The van der Waals surface area contributed by atoms with Crippen molar-refractivity contribution in [2.75, 3.05) is 6.61 Å². The lowest BCUT2D eigenvalue weighted by molar-refractivity contribution is 0.0921. The van der Waals surface area contributed by atoms with Gasteiger partial charge in [0.1, 0.15) is 23.2 Å². The predicted octanol–water partition coefficient (Wildman–Crippen LogP) is 3.24. The first-order valence-corrected chi connectivity index (χ1v) is 7.05. The molecule has 0 spiro atoms. The van der Waals surface area contributed by atoms with Crippen LogP contribution in [-0.4, -0.2) is 23.5 Å². The summed E-state index contributed by atoms with van der Waals surface area (Å²) in [4.78, 5) is 15.9. The van der Waals surface area contributed by atoms with E-state index in [0.717, 1.165) is 5.75 Å². The van der Waals surface area contributed by atoms with Crippen molar-refractivity contribution in [3.05, 3.63) is 58.9 Å². The summed E-state index contributed by atoms with van der Waals surface area (Å²) in [7, 11) is 0. The minimum atomic E-state index is -0.266. The van der Waals surface area contributed by atoms with Gasteiger partial charge in [0, 0.05) is 0 Å². The molecule has 1 atom stereocenters. The molecule has 0 aliphatic rings. The number of rotatable bonds is 5. The SMILES string of the molecule is Cc1ccc(OCC(C)NC(=O)c2cccc(Cl)n2)cc1. The van der Waals surface area contributed by atoms with Crippen LogP contribution in [0.1, 0.15) is 23.0 Å². The molecule has 21 heavy (non-hydrogen) atoms. The molecule has 1 unspecified atom stereocenters. The van der Waals surface area contributed by atoms with Crippen molar-refractivity contribution in [2.45, 2.75) is 19.9 Å². The molecular formula is C16H17ClN2O2.